The van der Waals surface area contributed by atoms with E-state index in [9.17, 15) is 13.2 Å². The van der Waals surface area contributed by atoms with Crippen LogP contribution in [-0.2, 0) is 12.7 Å². The van der Waals surface area contributed by atoms with Gasteiger partial charge in [0.25, 0.3) is 0 Å². The highest BCUT2D eigenvalue weighted by Gasteiger charge is 2.32. The monoisotopic (exact) mass is 286 g/mol. The summed E-state index contributed by atoms with van der Waals surface area (Å²) in [7, 11) is 2.11. The van der Waals surface area contributed by atoms with Crippen molar-refractivity contribution in [3.63, 3.8) is 0 Å². The lowest BCUT2D eigenvalue weighted by atomic mass is 10.1. The van der Waals surface area contributed by atoms with Gasteiger partial charge < -0.3 is 10.2 Å². The maximum absolute atomic E-state index is 12.8. The Morgan fingerprint density at radius 3 is 2.70 bits per heavy atom. The standard InChI is InChI=1S/C15H21F3N2/c1-20-10-4-6-13(20)8-9-19-11-12-5-2-3-7-14(12)15(16,17)18/h2-3,5,7,13,19H,4,6,8-11H2,1H3. The van der Waals surface area contributed by atoms with Crippen molar-refractivity contribution in [2.24, 2.45) is 0 Å². The van der Waals surface area contributed by atoms with Gasteiger partial charge in [-0.25, -0.2) is 0 Å². The number of alkyl halides is 3. The van der Waals surface area contributed by atoms with Gasteiger partial charge in [-0.2, -0.15) is 13.2 Å². The summed E-state index contributed by atoms with van der Waals surface area (Å²) in [5, 5.41) is 3.13. The van der Waals surface area contributed by atoms with Crippen LogP contribution in [0.3, 0.4) is 0 Å². The number of nitrogens with one attached hydrogen (secondary N) is 1. The summed E-state index contributed by atoms with van der Waals surface area (Å²) < 4.78 is 38.5. The zero-order chi connectivity index (χ0) is 14.6. The SMILES string of the molecule is CN1CCCC1CCNCc1ccccc1C(F)(F)F. The van der Waals surface area contributed by atoms with E-state index in [1.54, 1.807) is 6.07 Å². The third-order valence-electron chi connectivity index (χ3n) is 3.96. The third kappa shape index (κ3) is 3.96. The molecular weight excluding hydrogens is 265 g/mol. The second-order valence-corrected chi connectivity index (χ2v) is 5.40. The molecule has 0 saturated carbocycles. The Bertz CT molecular complexity index is 431. The summed E-state index contributed by atoms with van der Waals surface area (Å²) in [6.45, 7) is 2.15. The Kier molecular flexibility index (Phi) is 5.05. The molecular formula is C15H21F3N2. The van der Waals surface area contributed by atoms with Gasteiger partial charge in [0.05, 0.1) is 5.56 Å². The molecule has 0 aliphatic carbocycles. The van der Waals surface area contributed by atoms with E-state index in [0.29, 0.717) is 11.6 Å². The second kappa shape index (κ2) is 6.59. The first-order valence-corrected chi connectivity index (χ1v) is 7.04. The van der Waals surface area contributed by atoms with Crippen molar-refractivity contribution in [2.75, 3.05) is 20.1 Å². The fraction of sp³-hybridized carbons (Fsp3) is 0.600. The van der Waals surface area contributed by atoms with Crippen LogP contribution < -0.4 is 5.32 Å². The van der Waals surface area contributed by atoms with Crippen LogP contribution in [0.15, 0.2) is 24.3 Å². The van der Waals surface area contributed by atoms with Crippen LogP contribution in [0.2, 0.25) is 0 Å². The molecule has 5 heteroatoms. The van der Waals surface area contributed by atoms with Crippen molar-refractivity contribution >= 4 is 0 Å². The number of nitrogens with zero attached hydrogens (tertiary/aromatic N) is 1. The van der Waals surface area contributed by atoms with Crippen molar-refractivity contribution in [3.05, 3.63) is 35.4 Å². The molecule has 0 aromatic heterocycles. The van der Waals surface area contributed by atoms with Gasteiger partial charge in [0.1, 0.15) is 0 Å². The van der Waals surface area contributed by atoms with Crippen LogP contribution in [0.5, 0.6) is 0 Å². The fourth-order valence-corrected chi connectivity index (χ4v) is 2.79. The lowest BCUT2D eigenvalue weighted by molar-refractivity contribution is -0.138. The molecule has 20 heavy (non-hydrogen) atoms. The number of hydrogen-bond acceptors (Lipinski definition) is 2. The van der Waals surface area contributed by atoms with Gasteiger partial charge in [0, 0.05) is 12.6 Å². The number of likely N-dealkylation sites (tertiary alicyclic amines) is 1. The summed E-state index contributed by atoms with van der Waals surface area (Å²) in [5.41, 5.74) is -0.217. The van der Waals surface area contributed by atoms with Gasteiger partial charge in [0.15, 0.2) is 0 Å². The van der Waals surface area contributed by atoms with Gasteiger partial charge in [-0.3, -0.25) is 0 Å². The number of hydrogen-bond donors (Lipinski definition) is 1. The van der Waals surface area contributed by atoms with E-state index in [2.05, 4.69) is 17.3 Å². The van der Waals surface area contributed by atoms with E-state index in [0.717, 1.165) is 25.6 Å². The maximum Gasteiger partial charge on any atom is 0.416 e. The Labute approximate surface area is 118 Å². The van der Waals surface area contributed by atoms with Crippen molar-refractivity contribution in [2.45, 2.75) is 38.0 Å². The van der Waals surface area contributed by atoms with E-state index in [4.69, 9.17) is 0 Å². The number of benzene rings is 1. The average molecular weight is 286 g/mol. The number of rotatable bonds is 5. The Morgan fingerprint density at radius 1 is 1.30 bits per heavy atom. The van der Waals surface area contributed by atoms with Gasteiger partial charge in [0.2, 0.25) is 0 Å². The molecule has 112 valence electrons. The third-order valence-corrected chi connectivity index (χ3v) is 3.96. The molecule has 0 radical (unpaired) electrons. The molecule has 1 unspecified atom stereocenters. The van der Waals surface area contributed by atoms with E-state index in [-0.39, 0.29) is 6.54 Å². The summed E-state index contributed by atoms with van der Waals surface area (Å²) in [6, 6.07) is 6.33. The van der Waals surface area contributed by atoms with Crippen LogP contribution in [0, 0.1) is 0 Å². The molecule has 0 bridgehead atoms. The Hall–Kier alpha value is -1.07. The van der Waals surface area contributed by atoms with Crippen LogP contribution in [-0.4, -0.2) is 31.1 Å². The first kappa shape index (κ1) is 15.3. The molecule has 0 spiro atoms. The van der Waals surface area contributed by atoms with Crippen LogP contribution >= 0.6 is 0 Å². The summed E-state index contributed by atoms with van der Waals surface area (Å²) in [6.07, 6.45) is -0.871. The second-order valence-electron chi connectivity index (χ2n) is 5.40. The molecule has 1 saturated heterocycles. The molecule has 1 fully saturated rings. The molecule has 1 aliphatic heterocycles. The molecule has 1 aromatic rings. The minimum absolute atomic E-state index is 0.270. The van der Waals surface area contributed by atoms with Crippen molar-refractivity contribution < 1.29 is 13.2 Å². The minimum Gasteiger partial charge on any atom is -0.313 e. The van der Waals surface area contributed by atoms with Crippen LogP contribution in [0.1, 0.15) is 30.4 Å². The predicted octanol–water partition coefficient (Wildman–Crippen LogP) is 3.28. The lowest BCUT2D eigenvalue weighted by Gasteiger charge is -2.19. The molecule has 1 N–H and O–H groups in total. The highest BCUT2D eigenvalue weighted by atomic mass is 19.4. The normalized spacial score (nSPS) is 20.5. The first-order chi connectivity index (χ1) is 9.48. The van der Waals surface area contributed by atoms with Gasteiger partial charge in [-0.15, -0.1) is 0 Å². The number of halogens is 3. The predicted molar refractivity (Wildman–Crippen MR) is 73.4 cm³/mol. The first-order valence-electron chi connectivity index (χ1n) is 7.04. The van der Waals surface area contributed by atoms with Gasteiger partial charge in [-0.05, 0) is 51.0 Å². The van der Waals surface area contributed by atoms with Crippen molar-refractivity contribution in [1.29, 1.82) is 0 Å². The van der Waals surface area contributed by atoms with Crippen molar-refractivity contribution in [1.82, 2.24) is 10.2 Å². The van der Waals surface area contributed by atoms with Crippen LogP contribution in [0.4, 0.5) is 13.2 Å². The average Bonchev–Trinajstić information content (AvgIpc) is 2.80. The summed E-state index contributed by atoms with van der Waals surface area (Å²) in [4.78, 5) is 2.32. The fourth-order valence-electron chi connectivity index (χ4n) is 2.79. The zero-order valence-corrected chi connectivity index (χ0v) is 11.7. The molecule has 2 nitrogen and oxygen atoms in total. The topological polar surface area (TPSA) is 15.3 Å². The quantitative estimate of drug-likeness (QED) is 0.836. The minimum atomic E-state index is -4.27. The summed E-state index contributed by atoms with van der Waals surface area (Å²) in [5.74, 6) is 0. The van der Waals surface area contributed by atoms with Crippen LogP contribution in [0.25, 0.3) is 0 Å². The molecule has 2 rings (SSSR count). The van der Waals surface area contributed by atoms with Gasteiger partial charge in [-0.1, -0.05) is 18.2 Å². The lowest BCUT2D eigenvalue weighted by Crippen LogP contribution is -2.29. The van der Waals surface area contributed by atoms with E-state index < -0.39 is 11.7 Å². The Balaban J connectivity index is 1.82. The highest BCUT2D eigenvalue weighted by molar-refractivity contribution is 5.29. The van der Waals surface area contributed by atoms with Crippen molar-refractivity contribution in [3.8, 4) is 0 Å². The molecule has 1 aromatic carbocycles. The summed E-state index contributed by atoms with van der Waals surface area (Å²) >= 11 is 0. The largest absolute Gasteiger partial charge is 0.416 e. The van der Waals surface area contributed by atoms with E-state index in [1.807, 2.05) is 0 Å². The molecule has 1 atom stereocenters. The smallest absolute Gasteiger partial charge is 0.313 e. The molecule has 0 amide bonds. The van der Waals surface area contributed by atoms with E-state index >= 15 is 0 Å². The molecule has 1 aliphatic rings. The van der Waals surface area contributed by atoms with E-state index in [1.165, 1.54) is 25.0 Å². The zero-order valence-electron chi connectivity index (χ0n) is 11.7. The maximum atomic E-state index is 12.8. The Morgan fingerprint density at radius 2 is 2.05 bits per heavy atom. The molecule has 1 heterocycles. The highest BCUT2D eigenvalue weighted by Crippen LogP contribution is 2.31. The van der Waals surface area contributed by atoms with Gasteiger partial charge >= 0.3 is 6.18 Å².